The molecule has 1 fully saturated rings. The van der Waals surface area contributed by atoms with Crippen molar-refractivity contribution in [3.63, 3.8) is 0 Å². The Hall–Kier alpha value is -5.29. The van der Waals surface area contributed by atoms with Crippen molar-refractivity contribution < 1.29 is 18.6 Å². The molecule has 1 aliphatic heterocycles. The number of allylic oxidation sites excluding steroid dienone is 3. The maximum Gasteiger partial charge on any atom is 0.494 e. The van der Waals surface area contributed by atoms with Gasteiger partial charge in [-0.25, -0.2) is 0 Å². The molecule has 5 aromatic carbocycles. The van der Waals surface area contributed by atoms with Crippen LogP contribution in [-0.2, 0) is 24.0 Å². The highest BCUT2D eigenvalue weighted by Gasteiger charge is 2.51. The molecule has 0 bridgehead atoms. The van der Waals surface area contributed by atoms with E-state index in [1.165, 1.54) is 33.4 Å². The molecule has 6 nitrogen and oxygen atoms in total. The van der Waals surface area contributed by atoms with Crippen LogP contribution in [0.4, 0.5) is 28.4 Å². The Morgan fingerprint density at radius 3 is 1.75 bits per heavy atom. The zero-order valence-electron chi connectivity index (χ0n) is 39.6. The van der Waals surface area contributed by atoms with E-state index in [4.69, 9.17) is 18.6 Å². The first kappa shape index (κ1) is 44.3. The van der Waals surface area contributed by atoms with Crippen molar-refractivity contribution in [1.29, 1.82) is 0 Å². The van der Waals surface area contributed by atoms with E-state index in [-0.39, 0.29) is 11.0 Å². The van der Waals surface area contributed by atoms with Crippen LogP contribution in [0.2, 0.25) is 0 Å². The summed E-state index contributed by atoms with van der Waals surface area (Å²) in [7, 11) is -0.894. The van der Waals surface area contributed by atoms with Gasteiger partial charge in [0, 0.05) is 46.1 Å². The van der Waals surface area contributed by atoms with E-state index in [2.05, 4.69) is 213 Å². The Bertz CT molecular complexity index is 2670. The number of fused-ring (bicyclic) bond motifs is 3. The Kier molecular flexibility index (Phi) is 11.7. The summed E-state index contributed by atoms with van der Waals surface area (Å²) in [5.74, 6) is 0. The number of hydrogen-bond acceptors (Lipinski definition) is 6. The molecule has 0 spiro atoms. The van der Waals surface area contributed by atoms with E-state index in [1.54, 1.807) is 0 Å². The quantitative estimate of drug-likeness (QED) is 0.0869. The summed E-state index contributed by atoms with van der Waals surface area (Å²) in [4.78, 5) is 4.65. The molecule has 322 valence electrons. The summed E-state index contributed by atoms with van der Waals surface area (Å²) in [6.45, 7) is 28.4. The molecule has 1 heterocycles. The average Bonchev–Trinajstić information content (AvgIpc) is 3.61. The maximum absolute atomic E-state index is 6.47. The summed E-state index contributed by atoms with van der Waals surface area (Å²) in [5, 5.41) is 0. The van der Waals surface area contributed by atoms with Gasteiger partial charge in [-0.15, -0.1) is 0 Å². The molecule has 2 aliphatic carbocycles. The standard InChI is InChI=1S/C55H62B2N2O4/c1-14-52(6,7)61-56(60-15-2)40-19-25-43(26-20-40)58(42-23-16-37(3)17-24-42)45-29-31-49-47(35-45)48-36-46(30-32-50(48)53(49,8)9)59(51-33-18-38(4)34-39(51)5)44-27-21-41(22-28-44)57-62-54(10,11)55(12,13)63-57/h16,18-23,25-36H,14-15H2,1-13H3. The molecule has 8 heteroatoms. The molecule has 1 saturated heterocycles. The van der Waals surface area contributed by atoms with Crippen molar-refractivity contribution in [1.82, 2.24) is 0 Å². The van der Waals surface area contributed by atoms with Gasteiger partial charge in [-0.3, -0.25) is 0 Å². The lowest BCUT2D eigenvalue weighted by molar-refractivity contribution is 0.00578. The van der Waals surface area contributed by atoms with Crippen molar-refractivity contribution in [2.24, 2.45) is 0 Å². The van der Waals surface area contributed by atoms with Crippen LogP contribution in [0.15, 0.2) is 138 Å². The zero-order valence-corrected chi connectivity index (χ0v) is 39.6. The Labute approximate surface area is 377 Å². The van der Waals surface area contributed by atoms with Crippen LogP contribution < -0.4 is 20.7 Å². The van der Waals surface area contributed by atoms with Crippen molar-refractivity contribution in [2.75, 3.05) is 16.4 Å². The first-order chi connectivity index (χ1) is 29.8. The van der Waals surface area contributed by atoms with Crippen molar-refractivity contribution in [3.05, 3.63) is 160 Å². The molecule has 0 N–H and O–H groups in total. The van der Waals surface area contributed by atoms with Crippen molar-refractivity contribution in [3.8, 4) is 11.1 Å². The fraction of sp³-hybridized carbons (Fsp3) is 0.345. The highest BCUT2D eigenvalue weighted by Crippen LogP contribution is 2.52. The van der Waals surface area contributed by atoms with E-state index in [0.717, 1.165) is 57.1 Å². The first-order valence-corrected chi connectivity index (χ1v) is 22.5. The van der Waals surface area contributed by atoms with Crippen molar-refractivity contribution >= 4 is 53.6 Å². The van der Waals surface area contributed by atoms with E-state index in [0.29, 0.717) is 6.61 Å². The Morgan fingerprint density at radius 2 is 1.21 bits per heavy atom. The van der Waals surface area contributed by atoms with Gasteiger partial charge in [0.15, 0.2) is 0 Å². The Morgan fingerprint density at radius 1 is 0.651 bits per heavy atom. The molecule has 3 aliphatic rings. The summed E-state index contributed by atoms with van der Waals surface area (Å²) in [5.41, 5.74) is 22.2. The number of aryl methyl sites for hydroxylation is 2. The highest BCUT2D eigenvalue weighted by atomic mass is 16.7. The van der Waals surface area contributed by atoms with Crippen LogP contribution in [0.1, 0.15) is 105 Å². The van der Waals surface area contributed by atoms with E-state index < -0.39 is 25.4 Å². The molecule has 8 rings (SSSR count). The number of anilines is 5. The number of hydrogen-bond donors (Lipinski definition) is 0. The van der Waals surface area contributed by atoms with E-state index >= 15 is 0 Å². The second kappa shape index (κ2) is 16.7. The minimum atomic E-state index is -0.462. The van der Waals surface area contributed by atoms with Gasteiger partial charge in [-0.1, -0.05) is 80.6 Å². The second-order valence-corrected chi connectivity index (χ2v) is 19.5. The summed E-state index contributed by atoms with van der Waals surface area (Å²) >= 11 is 0. The van der Waals surface area contributed by atoms with E-state index in [9.17, 15) is 0 Å². The highest BCUT2D eigenvalue weighted by molar-refractivity contribution is 6.62. The Balaban J connectivity index is 1.22. The monoisotopic (exact) mass is 836 g/mol. The lowest BCUT2D eigenvalue weighted by Gasteiger charge is -2.32. The third-order valence-corrected chi connectivity index (χ3v) is 13.6. The number of rotatable bonds is 13. The van der Waals surface area contributed by atoms with Crippen LogP contribution in [0, 0.1) is 13.8 Å². The third-order valence-electron chi connectivity index (χ3n) is 13.6. The molecule has 0 saturated carbocycles. The SMILES string of the molecule is CCOB(OC(C)(C)CC)c1ccc(N(C2=C=C=C(C)C=C2)c2ccc3c(c2)-c2cc(N(c4ccc(B5OC(C)(C)C(C)(C)O5)cc4)c4ccc(C)cc4C)ccc2C3(C)C)cc1. The summed E-state index contributed by atoms with van der Waals surface area (Å²) in [6, 6.07) is 37.8. The third kappa shape index (κ3) is 8.45. The van der Waals surface area contributed by atoms with E-state index in [1.807, 2.05) is 13.8 Å². The normalized spacial score (nSPS) is 16.7. The molecule has 63 heavy (non-hydrogen) atoms. The minimum Gasteiger partial charge on any atom is -0.408 e. The lowest BCUT2D eigenvalue weighted by atomic mass is 9.77. The lowest BCUT2D eigenvalue weighted by Crippen LogP contribution is -2.43. The summed E-state index contributed by atoms with van der Waals surface area (Å²) < 4.78 is 25.5. The second-order valence-electron chi connectivity index (χ2n) is 19.5. The number of nitrogens with zero attached hydrogens (tertiary/aromatic N) is 2. The number of benzene rings is 5. The van der Waals surface area contributed by atoms with Gasteiger partial charge in [-0.2, -0.15) is 0 Å². The van der Waals surface area contributed by atoms with Gasteiger partial charge in [-0.05, 0) is 192 Å². The smallest absolute Gasteiger partial charge is 0.408 e. The van der Waals surface area contributed by atoms with Crippen molar-refractivity contribution in [2.45, 2.75) is 119 Å². The zero-order chi connectivity index (χ0) is 45.1. The first-order valence-electron chi connectivity index (χ1n) is 22.5. The van der Waals surface area contributed by atoms with Gasteiger partial charge >= 0.3 is 14.2 Å². The van der Waals surface area contributed by atoms with Gasteiger partial charge in [0.1, 0.15) is 0 Å². The minimum absolute atomic E-state index is 0.201. The van der Waals surface area contributed by atoms with Gasteiger partial charge in [0.25, 0.3) is 0 Å². The van der Waals surface area contributed by atoms with Crippen LogP contribution in [-0.4, -0.2) is 37.6 Å². The fourth-order valence-corrected chi connectivity index (χ4v) is 8.78. The molecular formula is C55H62B2N2O4. The van der Waals surface area contributed by atoms with Crippen LogP contribution >= 0.6 is 0 Å². The maximum atomic E-state index is 6.47. The molecule has 0 amide bonds. The van der Waals surface area contributed by atoms with Crippen LogP contribution in [0.3, 0.4) is 0 Å². The van der Waals surface area contributed by atoms with Gasteiger partial charge < -0.3 is 28.4 Å². The van der Waals surface area contributed by atoms with Gasteiger partial charge in [0.2, 0.25) is 0 Å². The predicted octanol–water partition coefficient (Wildman–Crippen LogP) is 12.6. The molecular weight excluding hydrogens is 774 g/mol. The van der Waals surface area contributed by atoms with Crippen LogP contribution in [0.5, 0.6) is 0 Å². The largest absolute Gasteiger partial charge is 0.494 e. The molecule has 0 unspecified atom stereocenters. The fourth-order valence-electron chi connectivity index (χ4n) is 8.78. The van der Waals surface area contributed by atoms with Crippen LogP contribution in [0.25, 0.3) is 11.1 Å². The van der Waals surface area contributed by atoms with Gasteiger partial charge in [0.05, 0.1) is 16.9 Å². The molecule has 0 aromatic heterocycles. The molecule has 0 radical (unpaired) electrons. The molecule has 5 aromatic rings. The topological polar surface area (TPSA) is 43.4 Å². The predicted molar refractivity (Wildman–Crippen MR) is 264 cm³/mol. The summed E-state index contributed by atoms with van der Waals surface area (Å²) in [6.07, 6.45) is 5.10. The average molecular weight is 837 g/mol. The molecule has 0 atom stereocenters.